The summed E-state index contributed by atoms with van der Waals surface area (Å²) in [5, 5.41) is 2.65. The van der Waals surface area contributed by atoms with Gasteiger partial charge in [-0.25, -0.2) is 4.98 Å². The van der Waals surface area contributed by atoms with Crippen LogP contribution in [-0.4, -0.2) is 22.5 Å². The SMILES string of the molecule is CNC(=O)c1ccc2c(c1)nc(-c1ccc(C)o1)n2Cc1ccccc1. The molecule has 0 saturated carbocycles. The molecule has 0 aliphatic rings. The van der Waals surface area contributed by atoms with Crippen molar-refractivity contribution in [1.82, 2.24) is 14.9 Å². The molecule has 0 aliphatic carbocycles. The van der Waals surface area contributed by atoms with Crippen molar-refractivity contribution in [3.8, 4) is 11.6 Å². The highest BCUT2D eigenvalue weighted by molar-refractivity contribution is 5.97. The van der Waals surface area contributed by atoms with Gasteiger partial charge in [-0.1, -0.05) is 30.3 Å². The van der Waals surface area contributed by atoms with Crippen LogP contribution in [0.5, 0.6) is 0 Å². The highest BCUT2D eigenvalue weighted by atomic mass is 16.3. The van der Waals surface area contributed by atoms with E-state index in [1.54, 1.807) is 7.05 Å². The number of amides is 1. The number of nitrogens with one attached hydrogen (secondary N) is 1. The van der Waals surface area contributed by atoms with E-state index in [9.17, 15) is 4.79 Å². The summed E-state index contributed by atoms with van der Waals surface area (Å²) in [6.07, 6.45) is 0. The highest BCUT2D eigenvalue weighted by Gasteiger charge is 2.17. The minimum atomic E-state index is -0.125. The van der Waals surface area contributed by atoms with Crippen LogP contribution in [0.3, 0.4) is 0 Å². The van der Waals surface area contributed by atoms with Gasteiger partial charge in [-0.3, -0.25) is 4.79 Å². The Morgan fingerprint density at radius 3 is 2.62 bits per heavy atom. The molecule has 0 saturated heterocycles. The predicted octanol–water partition coefficient (Wildman–Crippen LogP) is 4.01. The Morgan fingerprint density at radius 2 is 1.92 bits per heavy atom. The van der Waals surface area contributed by atoms with E-state index in [0.717, 1.165) is 28.4 Å². The molecule has 2 heterocycles. The lowest BCUT2D eigenvalue weighted by Gasteiger charge is -2.08. The van der Waals surface area contributed by atoms with Gasteiger partial charge in [-0.2, -0.15) is 0 Å². The van der Waals surface area contributed by atoms with Gasteiger partial charge in [0.25, 0.3) is 5.91 Å². The van der Waals surface area contributed by atoms with Crippen molar-refractivity contribution in [3.05, 3.63) is 77.6 Å². The maximum atomic E-state index is 11.9. The molecule has 2 aromatic heterocycles. The number of fused-ring (bicyclic) bond motifs is 1. The van der Waals surface area contributed by atoms with Crippen LogP contribution in [0, 0.1) is 6.92 Å². The molecule has 4 rings (SSSR count). The van der Waals surface area contributed by atoms with Gasteiger partial charge in [-0.05, 0) is 42.8 Å². The van der Waals surface area contributed by atoms with E-state index >= 15 is 0 Å². The van der Waals surface area contributed by atoms with E-state index in [1.807, 2.05) is 55.5 Å². The molecule has 4 aromatic rings. The van der Waals surface area contributed by atoms with Gasteiger partial charge >= 0.3 is 0 Å². The van der Waals surface area contributed by atoms with Crippen molar-refractivity contribution in [1.29, 1.82) is 0 Å². The summed E-state index contributed by atoms with van der Waals surface area (Å²) in [4.78, 5) is 16.7. The zero-order chi connectivity index (χ0) is 18.1. The number of hydrogen-bond donors (Lipinski definition) is 1. The fourth-order valence-electron chi connectivity index (χ4n) is 3.08. The van der Waals surface area contributed by atoms with Crippen molar-refractivity contribution < 1.29 is 9.21 Å². The van der Waals surface area contributed by atoms with Gasteiger partial charge in [-0.15, -0.1) is 0 Å². The average Bonchev–Trinajstić information content (AvgIpc) is 3.25. The molecule has 0 fully saturated rings. The first-order valence-electron chi connectivity index (χ1n) is 8.49. The van der Waals surface area contributed by atoms with Crippen LogP contribution >= 0.6 is 0 Å². The number of hydrogen-bond acceptors (Lipinski definition) is 3. The Kier molecular flexibility index (Phi) is 4.05. The number of furan rings is 1. The number of rotatable bonds is 4. The molecule has 5 nitrogen and oxygen atoms in total. The maximum absolute atomic E-state index is 11.9. The zero-order valence-electron chi connectivity index (χ0n) is 14.7. The summed E-state index contributed by atoms with van der Waals surface area (Å²) in [5.74, 6) is 2.19. The molecule has 26 heavy (non-hydrogen) atoms. The molecular formula is C21H19N3O2. The van der Waals surface area contributed by atoms with Gasteiger partial charge in [0.05, 0.1) is 11.0 Å². The molecule has 0 bridgehead atoms. The lowest BCUT2D eigenvalue weighted by Crippen LogP contribution is -2.17. The predicted molar refractivity (Wildman–Crippen MR) is 101 cm³/mol. The van der Waals surface area contributed by atoms with Crippen LogP contribution in [0.4, 0.5) is 0 Å². The van der Waals surface area contributed by atoms with E-state index in [-0.39, 0.29) is 5.91 Å². The quantitative estimate of drug-likeness (QED) is 0.608. The molecule has 2 aromatic carbocycles. The Balaban J connectivity index is 1.89. The summed E-state index contributed by atoms with van der Waals surface area (Å²) >= 11 is 0. The summed E-state index contributed by atoms with van der Waals surface area (Å²) in [6.45, 7) is 2.59. The average molecular weight is 345 g/mol. The van der Waals surface area contributed by atoms with Gasteiger partial charge in [0, 0.05) is 19.2 Å². The Bertz CT molecular complexity index is 1080. The van der Waals surface area contributed by atoms with Crippen LogP contribution in [0.2, 0.25) is 0 Å². The molecule has 1 amide bonds. The monoisotopic (exact) mass is 345 g/mol. The Labute approximate surface area is 151 Å². The summed E-state index contributed by atoms with van der Waals surface area (Å²) < 4.78 is 7.94. The Hall–Kier alpha value is -3.34. The zero-order valence-corrected chi connectivity index (χ0v) is 14.7. The summed E-state index contributed by atoms with van der Waals surface area (Å²) in [5.41, 5.74) is 3.50. The molecule has 130 valence electrons. The van der Waals surface area contributed by atoms with E-state index in [2.05, 4.69) is 22.0 Å². The fraction of sp³-hybridized carbons (Fsp3) is 0.143. The standard InChI is InChI=1S/C21H19N3O2/c1-14-8-11-19(26-14)20-23-17-12-16(21(25)22-2)9-10-18(17)24(20)13-15-6-4-3-5-7-15/h3-12H,13H2,1-2H3,(H,22,25). The third kappa shape index (κ3) is 2.88. The second-order valence-corrected chi connectivity index (χ2v) is 6.20. The van der Waals surface area contributed by atoms with Gasteiger partial charge < -0.3 is 14.3 Å². The lowest BCUT2D eigenvalue weighted by molar-refractivity contribution is 0.0963. The third-order valence-electron chi connectivity index (χ3n) is 4.38. The Morgan fingerprint density at radius 1 is 1.12 bits per heavy atom. The van der Waals surface area contributed by atoms with Crippen molar-refractivity contribution in [2.24, 2.45) is 0 Å². The first-order chi connectivity index (χ1) is 12.7. The topological polar surface area (TPSA) is 60.1 Å². The molecule has 0 spiro atoms. The normalized spacial score (nSPS) is 11.0. The minimum absolute atomic E-state index is 0.125. The van der Waals surface area contributed by atoms with Crippen molar-refractivity contribution in [2.45, 2.75) is 13.5 Å². The van der Waals surface area contributed by atoms with Crippen molar-refractivity contribution >= 4 is 16.9 Å². The molecule has 5 heteroatoms. The number of benzene rings is 2. The van der Waals surface area contributed by atoms with Crippen LogP contribution in [0.15, 0.2) is 65.1 Å². The molecule has 0 unspecified atom stereocenters. The molecule has 1 N–H and O–H groups in total. The minimum Gasteiger partial charge on any atom is -0.458 e. The van der Waals surface area contributed by atoms with Gasteiger partial charge in [0.15, 0.2) is 11.6 Å². The highest BCUT2D eigenvalue weighted by Crippen LogP contribution is 2.28. The second kappa shape index (κ2) is 6.52. The van der Waals surface area contributed by atoms with Crippen LogP contribution in [-0.2, 0) is 6.54 Å². The molecule has 0 radical (unpaired) electrons. The first kappa shape index (κ1) is 16.1. The van der Waals surface area contributed by atoms with E-state index in [0.29, 0.717) is 12.1 Å². The molecular weight excluding hydrogens is 326 g/mol. The maximum Gasteiger partial charge on any atom is 0.251 e. The van der Waals surface area contributed by atoms with E-state index in [4.69, 9.17) is 9.40 Å². The second-order valence-electron chi connectivity index (χ2n) is 6.20. The molecule has 0 aliphatic heterocycles. The first-order valence-corrected chi connectivity index (χ1v) is 8.49. The van der Waals surface area contributed by atoms with E-state index < -0.39 is 0 Å². The van der Waals surface area contributed by atoms with Gasteiger partial charge in [0.1, 0.15) is 5.76 Å². The smallest absolute Gasteiger partial charge is 0.251 e. The molecule has 0 atom stereocenters. The number of carbonyl (C=O) groups is 1. The third-order valence-corrected chi connectivity index (χ3v) is 4.38. The largest absolute Gasteiger partial charge is 0.458 e. The van der Waals surface area contributed by atoms with Gasteiger partial charge in [0.2, 0.25) is 0 Å². The van der Waals surface area contributed by atoms with Crippen molar-refractivity contribution in [2.75, 3.05) is 7.05 Å². The summed E-state index contributed by atoms with van der Waals surface area (Å²) in [6, 6.07) is 19.6. The van der Waals surface area contributed by atoms with Crippen LogP contribution in [0.25, 0.3) is 22.6 Å². The van der Waals surface area contributed by atoms with E-state index in [1.165, 1.54) is 5.56 Å². The van der Waals surface area contributed by atoms with Crippen molar-refractivity contribution in [3.63, 3.8) is 0 Å². The van der Waals surface area contributed by atoms with Crippen LogP contribution in [0.1, 0.15) is 21.7 Å². The number of aromatic nitrogens is 2. The summed E-state index contributed by atoms with van der Waals surface area (Å²) in [7, 11) is 1.62. The van der Waals surface area contributed by atoms with Crippen LogP contribution < -0.4 is 5.32 Å². The number of nitrogens with zero attached hydrogens (tertiary/aromatic N) is 2. The number of carbonyl (C=O) groups excluding carboxylic acids is 1. The fourth-order valence-corrected chi connectivity index (χ4v) is 3.08. The lowest BCUT2D eigenvalue weighted by atomic mass is 10.2. The number of aryl methyl sites for hydroxylation is 1. The number of imidazole rings is 1.